The molecule has 0 N–H and O–H groups in total. The van der Waals surface area contributed by atoms with Gasteiger partial charge in [-0.1, -0.05) is 35.9 Å². The molecule has 23 heavy (non-hydrogen) atoms. The van der Waals surface area contributed by atoms with Gasteiger partial charge in [0.05, 0.1) is 36.7 Å². The van der Waals surface area contributed by atoms with E-state index in [1.54, 1.807) is 24.3 Å². The van der Waals surface area contributed by atoms with Crippen molar-refractivity contribution in [3.8, 4) is 0 Å². The van der Waals surface area contributed by atoms with Gasteiger partial charge >= 0.3 is 0 Å². The molecule has 1 aromatic carbocycles. The number of rotatable bonds is 3. The van der Waals surface area contributed by atoms with Crippen LogP contribution in [0.1, 0.15) is 20.7 Å². The molecule has 0 radical (unpaired) electrons. The van der Waals surface area contributed by atoms with Crippen LogP contribution in [0.15, 0.2) is 46.4 Å². The summed E-state index contributed by atoms with van der Waals surface area (Å²) in [5, 5.41) is 0.00105. The van der Waals surface area contributed by atoms with E-state index in [1.807, 2.05) is 0 Å². The van der Waals surface area contributed by atoms with Crippen molar-refractivity contribution in [1.29, 1.82) is 0 Å². The standard InChI is InChI=1S/C17H13ClO5/c1-22-16-10(7-19)13(18)17(23-2)12-11(16)14(20)8-5-3-4-6-9(8)15(12)21/h3-7,11-12H,1-2H3. The molecule has 0 aliphatic heterocycles. The topological polar surface area (TPSA) is 69.7 Å². The molecule has 2 aliphatic rings. The number of halogens is 1. The Morgan fingerprint density at radius 3 is 1.87 bits per heavy atom. The van der Waals surface area contributed by atoms with Crippen LogP contribution in [0.3, 0.4) is 0 Å². The Balaban J connectivity index is 2.32. The molecule has 0 bridgehead atoms. The lowest BCUT2D eigenvalue weighted by molar-refractivity contribution is -0.105. The summed E-state index contributed by atoms with van der Waals surface area (Å²) in [6.07, 6.45) is 0.509. The van der Waals surface area contributed by atoms with Crippen LogP contribution in [0.5, 0.6) is 0 Å². The van der Waals surface area contributed by atoms with Crippen molar-refractivity contribution in [2.24, 2.45) is 11.8 Å². The van der Waals surface area contributed by atoms with Gasteiger partial charge in [0.25, 0.3) is 0 Å². The van der Waals surface area contributed by atoms with Crippen LogP contribution >= 0.6 is 11.6 Å². The highest BCUT2D eigenvalue weighted by molar-refractivity contribution is 6.35. The highest BCUT2D eigenvalue weighted by Crippen LogP contribution is 2.46. The third-order valence-corrected chi connectivity index (χ3v) is 4.59. The summed E-state index contributed by atoms with van der Waals surface area (Å²) in [5.41, 5.74) is 0.669. The molecular formula is C17H13ClO5. The first-order valence-electron chi connectivity index (χ1n) is 6.91. The van der Waals surface area contributed by atoms with Crippen molar-refractivity contribution in [3.05, 3.63) is 57.5 Å². The molecule has 1 aromatic rings. The first-order valence-corrected chi connectivity index (χ1v) is 7.29. The largest absolute Gasteiger partial charge is 0.499 e. The Labute approximate surface area is 137 Å². The van der Waals surface area contributed by atoms with Crippen molar-refractivity contribution in [1.82, 2.24) is 0 Å². The van der Waals surface area contributed by atoms with Gasteiger partial charge < -0.3 is 9.47 Å². The summed E-state index contributed by atoms with van der Waals surface area (Å²) < 4.78 is 10.5. The van der Waals surface area contributed by atoms with E-state index in [0.717, 1.165) is 0 Å². The molecule has 2 atom stereocenters. The van der Waals surface area contributed by atoms with Gasteiger partial charge in [-0.3, -0.25) is 14.4 Å². The molecule has 0 amide bonds. The highest BCUT2D eigenvalue weighted by Gasteiger charge is 2.51. The van der Waals surface area contributed by atoms with E-state index in [1.165, 1.54) is 14.2 Å². The van der Waals surface area contributed by atoms with E-state index < -0.39 is 11.8 Å². The molecule has 6 heteroatoms. The number of carbonyl (C=O) groups excluding carboxylic acids is 3. The fourth-order valence-corrected chi connectivity index (χ4v) is 3.53. The third kappa shape index (κ3) is 2.04. The number of carbonyl (C=O) groups is 3. The zero-order valence-corrected chi connectivity index (χ0v) is 13.2. The van der Waals surface area contributed by atoms with Gasteiger partial charge in [-0.15, -0.1) is 0 Å². The third-order valence-electron chi connectivity index (χ3n) is 4.20. The molecule has 2 unspecified atom stereocenters. The number of fused-ring (bicyclic) bond motifs is 2. The van der Waals surface area contributed by atoms with Gasteiger partial charge in [-0.05, 0) is 0 Å². The van der Waals surface area contributed by atoms with Crippen LogP contribution in [0.4, 0.5) is 0 Å². The normalized spacial score (nSPS) is 23.4. The van der Waals surface area contributed by atoms with Crippen molar-refractivity contribution in [2.75, 3.05) is 14.2 Å². The number of hydrogen-bond donors (Lipinski definition) is 0. The van der Waals surface area contributed by atoms with Crippen LogP contribution in [0, 0.1) is 11.8 Å². The maximum atomic E-state index is 12.9. The molecule has 118 valence electrons. The zero-order chi connectivity index (χ0) is 16.7. The average Bonchev–Trinajstić information content (AvgIpc) is 2.58. The minimum Gasteiger partial charge on any atom is -0.499 e. The molecule has 0 heterocycles. The number of allylic oxidation sites excluding steroid dienone is 4. The fourth-order valence-electron chi connectivity index (χ4n) is 3.20. The summed E-state index contributed by atoms with van der Waals surface area (Å²) in [7, 11) is 2.70. The van der Waals surface area contributed by atoms with Crippen molar-refractivity contribution in [3.63, 3.8) is 0 Å². The lowest BCUT2D eigenvalue weighted by Crippen LogP contribution is -2.42. The van der Waals surface area contributed by atoms with E-state index in [2.05, 4.69) is 0 Å². The predicted octanol–water partition coefficient (Wildman–Crippen LogP) is 2.51. The molecule has 2 aliphatic carbocycles. The Hall–Kier alpha value is -2.40. The number of ether oxygens (including phenoxy) is 2. The van der Waals surface area contributed by atoms with Crippen LogP contribution in [0.2, 0.25) is 0 Å². The van der Waals surface area contributed by atoms with Crippen LogP contribution < -0.4 is 0 Å². The van der Waals surface area contributed by atoms with E-state index in [9.17, 15) is 14.4 Å². The van der Waals surface area contributed by atoms with E-state index in [4.69, 9.17) is 21.1 Å². The number of ketones is 2. The molecule has 3 rings (SSSR count). The minimum absolute atomic E-state index is 0.00105. The van der Waals surface area contributed by atoms with Crippen LogP contribution in [0.25, 0.3) is 0 Å². The second-order valence-corrected chi connectivity index (χ2v) is 5.59. The summed E-state index contributed by atoms with van der Waals surface area (Å²) >= 11 is 6.20. The minimum atomic E-state index is -0.944. The maximum absolute atomic E-state index is 12.9. The number of aldehydes is 1. The van der Waals surface area contributed by atoms with Crippen LogP contribution in [-0.2, 0) is 14.3 Å². The number of hydrogen-bond acceptors (Lipinski definition) is 5. The van der Waals surface area contributed by atoms with Crippen molar-refractivity contribution >= 4 is 29.5 Å². The summed E-state index contributed by atoms with van der Waals surface area (Å²) in [6, 6.07) is 6.56. The second kappa shape index (κ2) is 5.66. The summed E-state index contributed by atoms with van der Waals surface area (Å²) in [5.74, 6) is -2.22. The first-order chi connectivity index (χ1) is 11.1. The summed E-state index contributed by atoms with van der Waals surface area (Å²) in [6.45, 7) is 0. The van der Waals surface area contributed by atoms with Crippen molar-refractivity contribution in [2.45, 2.75) is 0 Å². The first kappa shape index (κ1) is 15.5. The molecule has 0 saturated heterocycles. The Kier molecular flexibility index (Phi) is 3.82. The molecule has 0 fully saturated rings. The van der Waals surface area contributed by atoms with E-state index in [0.29, 0.717) is 17.4 Å². The highest BCUT2D eigenvalue weighted by atomic mass is 35.5. The van der Waals surface area contributed by atoms with Gasteiger partial charge in [0.1, 0.15) is 11.5 Å². The molecule has 0 aromatic heterocycles. The molecular weight excluding hydrogens is 320 g/mol. The Bertz CT molecular complexity index is 790. The van der Waals surface area contributed by atoms with Gasteiger partial charge in [0, 0.05) is 11.1 Å². The van der Waals surface area contributed by atoms with Crippen molar-refractivity contribution < 1.29 is 23.9 Å². The van der Waals surface area contributed by atoms with E-state index >= 15 is 0 Å². The lowest BCUT2D eigenvalue weighted by atomic mass is 9.69. The lowest BCUT2D eigenvalue weighted by Gasteiger charge is -2.36. The average molecular weight is 333 g/mol. The van der Waals surface area contributed by atoms with Gasteiger partial charge in [0.2, 0.25) is 0 Å². The quantitative estimate of drug-likeness (QED) is 0.795. The fraction of sp³-hybridized carbons (Fsp3) is 0.235. The number of Topliss-reactive ketones (excluding diaryl/α,β-unsaturated/α-hetero) is 2. The maximum Gasteiger partial charge on any atom is 0.175 e. The Morgan fingerprint density at radius 2 is 1.43 bits per heavy atom. The van der Waals surface area contributed by atoms with Gasteiger partial charge in [0.15, 0.2) is 17.9 Å². The monoisotopic (exact) mass is 332 g/mol. The van der Waals surface area contributed by atoms with Crippen LogP contribution in [-0.4, -0.2) is 32.1 Å². The SMILES string of the molecule is COC1=C(Cl)C(C=O)=C(OC)C2C(=O)c3ccccc3C(=O)C12. The smallest absolute Gasteiger partial charge is 0.175 e. The molecule has 0 saturated carbocycles. The van der Waals surface area contributed by atoms with E-state index in [-0.39, 0.29) is 33.7 Å². The second-order valence-electron chi connectivity index (χ2n) is 5.21. The van der Waals surface area contributed by atoms with Gasteiger partial charge in [-0.2, -0.15) is 0 Å². The van der Waals surface area contributed by atoms with Gasteiger partial charge in [-0.25, -0.2) is 0 Å². The zero-order valence-electron chi connectivity index (χ0n) is 12.5. The molecule has 5 nitrogen and oxygen atoms in total. The predicted molar refractivity (Wildman–Crippen MR) is 82.1 cm³/mol. The molecule has 0 spiro atoms. The number of benzene rings is 1. The summed E-state index contributed by atoms with van der Waals surface area (Å²) in [4.78, 5) is 37.2. The Morgan fingerprint density at radius 1 is 0.957 bits per heavy atom. The number of methoxy groups -OCH3 is 2.